The first-order valence-electron chi connectivity index (χ1n) is 12.6. The fraction of sp³-hybridized carbons (Fsp3) is 0.194. The fourth-order valence-electron chi connectivity index (χ4n) is 4.98. The first-order valence-corrected chi connectivity index (χ1v) is 12.9. The summed E-state index contributed by atoms with van der Waals surface area (Å²) in [7, 11) is 1.55. The third-order valence-corrected chi connectivity index (χ3v) is 7.24. The number of aromatic hydroxyl groups is 1. The lowest BCUT2D eigenvalue weighted by Gasteiger charge is -2.24. The van der Waals surface area contributed by atoms with Crippen molar-refractivity contribution in [1.29, 1.82) is 0 Å². The predicted octanol–water partition coefficient (Wildman–Crippen LogP) is 7.57. The Hall–Kier alpha value is -4.16. The van der Waals surface area contributed by atoms with Gasteiger partial charge in [0.05, 0.1) is 23.4 Å². The molecule has 194 valence electrons. The van der Waals surface area contributed by atoms with E-state index in [0.717, 1.165) is 30.0 Å². The SMILES string of the molecule is CCN(CC)c1ccc(-c2c(Cl)c(Nc3ccccc3)cc(C3OC(=O)c4ccccc43)c2OC)c(O)c1. The first kappa shape index (κ1) is 25.5. The molecule has 1 atom stereocenters. The Bertz CT molecular complexity index is 1490. The second kappa shape index (κ2) is 10.7. The molecule has 6 nitrogen and oxygen atoms in total. The summed E-state index contributed by atoms with van der Waals surface area (Å²) in [6.45, 7) is 5.76. The van der Waals surface area contributed by atoms with Crippen LogP contribution >= 0.6 is 11.6 Å². The topological polar surface area (TPSA) is 71.0 Å². The lowest BCUT2D eigenvalue weighted by Crippen LogP contribution is -2.21. The maximum Gasteiger partial charge on any atom is 0.339 e. The molecule has 0 radical (unpaired) electrons. The number of carbonyl (C=O) groups is 1. The zero-order valence-electron chi connectivity index (χ0n) is 21.5. The zero-order valence-corrected chi connectivity index (χ0v) is 22.3. The quantitative estimate of drug-likeness (QED) is 0.230. The van der Waals surface area contributed by atoms with Gasteiger partial charge in [-0.25, -0.2) is 4.79 Å². The van der Waals surface area contributed by atoms with Crippen molar-refractivity contribution in [3.63, 3.8) is 0 Å². The molecule has 1 aliphatic heterocycles. The number of phenolic OH excluding ortho intramolecular Hbond substituents is 1. The van der Waals surface area contributed by atoms with E-state index in [-0.39, 0.29) is 5.75 Å². The second-order valence-electron chi connectivity index (χ2n) is 8.97. The molecule has 0 aromatic heterocycles. The summed E-state index contributed by atoms with van der Waals surface area (Å²) in [5.41, 5.74) is 5.24. The standard InChI is InChI=1S/C31H29ClN2O4/c1-4-34(5-2)20-15-16-23(26(35)17-20)27-28(32)25(33-19-11-7-6-8-12-19)18-24(30(27)37-3)29-21-13-9-10-14-22(21)31(36)38-29/h6-18,29,33,35H,4-5H2,1-3H3. The van der Waals surface area contributed by atoms with Gasteiger partial charge in [-0.15, -0.1) is 0 Å². The van der Waals surface area contributed by atoms with Crippen molar-refractivity contribution >= 4 is 34.6 Å². The van der Waals surface area contributed by atoms with E-state index in [2.05, 4.69) is 24.1 Å². The number of cyclic esters (lactones) is 1. The van der Waals surface area contributed by atoms with Crippen LogP contribution in [0.15, 0.2) is 78.9 Å². The van der Waals surface area contributed by atoms with Crippen LogP contribution in [0.1, 0.15) is 41.4 Å². The highest BCUT2D eigenvalue weighted by Gasteiger charge is 2.36. The molecule has 0 saturated heterocycles. The minimum absolute atomic E-state index is 0.0706. The Morgan fingerprint density at radius 1 is 0.947 bits per heavy atom. The Kier molecular flexibility index (Phi) is 7.16. The van der Waals surface area contributed by atoms with Crippen LogP contribution in [-0.2, 0) is 4.74 Å². The molecule has 0 bridgehead atoms. The maximum atomic E-state index is 12.7. The van der Waals surface area contributed by atoms with Gasteiger partial charge >= 0.3 is 5.97 Å². The molecule has 4 aromatic carbocycles. The Balaban J connectivity index is 1.73. The van der Waals surface area contributed by atoms with Gasteiger partial charge in [0.2, 0.25) is 0 Å². The molecule has 38 heavy (non-hydrogen) atoms. The summed E-state index contributed by atoms with van der Waals surface area (Å²) >= 11 is 7.04. The van der Waals surface area contributed by atoms with E-state index < -0.39 is 12.1 Å². The lowest BCUT2D eigenvalue weighted by atomic mass is 9.93. The molecular formula is C31H29ClN2O4. The van der Waals surface area contributed by atoms with Crippen LogP contribution in [0.2, 0.25) is 5.02 Å². The second-order valence-corrected chi connectivity index (χ2v) is 9.35. The molecule has 1 aliphatic rings. The fourth-order valence-corrected chi connectivity index (χ4v) is 5.27. The van der Waals surface area contributed by atoms with Gasteiger partial charge in [0.1, 0.15) is 11.5 Å². The van der Waals surface area contributed by atoms with Crippen molar-refractivity contribution < 1.29 is 19.4 Å². The molecule has 2 N–H and O–H groups in total. The average molecular weight is 529 g/mol. The largest absolute Gasteiger partial charge is 0.507 e. The molecule has 5 rings (SSSR count). The number of hydrogen-bond donors (Lipinski definition) is 2. The third-order valence-electron chi connectivity index (χ3n) is 6.85. The van der Waals surface area contributed by atoms with Gasteiger partial charge in [-0.3, -0.25) is 0 Å². The van der Waals surface area contributed by atoms with Crippen molar-refractivity contribution in [2.75, 3.05) is 30.4 Å². The van der Waals surface area contributed by atoms with Crippen molar-refractivity contribution in [3.05, 3.63) is 101 Å². The number of methoxy groups -OCH3 is 1. The molecule has 0 aliphatic carbocycles. The summed E-state index contributed by atoms with van der Waals surface area (Å²) in [4.78, 5) is 14.9. The van der Waals surface area contributed by atoms with E-state index in [0.29, 0.717) is 38.7 Å². The normalized spacial score (nSPS) is 14.1. The molecule has 1 heterocycles. The summed E-state index contributed by atoms with van der Waals surface area (Å²) < 4.78 is 11.8. The molecule has 4 aromatic rings. The number of halogens is 1. The van der Waals surface area contributed by atoms with E-state index in [1.165, 1.54) is 0 Å². The van der Waals surface area contributed by atoms with Crippen LogP contribution in [0, 0.1) is 0 Å². The molecule has 0 spiro atoms. The molecule has 0 amide bonds. The van der Waals surface area contributed by atoms with Gasteiger partial charge in [-0.05, 0) is 50.2 Å². The number of para-hydroxylation sites is 1. The number of phenols is 1. The number of rotatable bonds is 8. The number of anilines is 3. The summed E-state index contributed by atoms with van der Waals surface area (Å²) in [5, 5.41) is 15.0. The number of fused-ring (bicyclic) bond motifs is 1. The highest BCUT2D eigenvalue weighted by Crippen LogP contribution is 2.51. The van der Waals surface area contributed by atoms with E-state index >= 15 is 0 Å². The summed E-state index contributed by atoms with van der Waals surface area (Å²) in [6, 6.07) is 24.3. The van der Waals surface area contributed by atoms with Crippen molar-refractivity contribution in [2.24, 2.45) is 0 Å². The average Bonchev–Trinajstić information content (AvgIpc) is 3.27. The smallest absolute Gasteiger partial charge is 0.339 e. The van der Waals surface area contributed by atoms with Gasteiger partial charge < -0.3 is 24.8 Å². The highest BCUT2D eigenvalue weighted by atomic mass is 35.5. The van der Waals surface area contributed by atoms with Crippen LogP contribution in [-0.4, -0.2) is 31.3 Å². The van der Waals surface area contributed by atoms with Crippen LogP contribution in [0.4, 0.5) is 17.1 Å². The minimum Gasteiger partial charge on any atom is -0.507 e. The predicted molar refractivity (Wildman–Crippen MR) is 152 cm³/mol. The van der Waals surface area contributed by atoms with E-state index in [4.69, 9.17) is 21.1 Å². The molecule has 7 heteroatoms. The van der Waals surface area contributed by atoms with Crippen LogP contribution in [0.3, 0.4) is 0 Å². The van der Waals surface area contributed by atoms with Gasteiger partial charge in [-0.1, -0.05) is 48.0 Å². The zero-order chi connectivity index (χ0) is 26.8. The highest BCUT2D eigenvalue weighted by molar-refractivity contribution is 6.36. The van der Waals surface area contributed by atoms with Gasteiger partial charge in [0, 0.05) is 52.8 Å². The van der Waals surface area contributed by atoms with Crippen LogP contribution < -0.4 is 15.0 Å². The molecule has 0 saturated carbocycles. The number of nitrogens with zero attached hydrogens (tertiary/aromatic N) is 1. The first-order chi connectivity index (χ1) is 18.5. The van der Waals surface area contributed by atoms with Gasteiger partial charge in [0.25, 0.3) is 0 Å². The van der Waals surface area contributed by atoms with Crippen molar-refractivity contribution in [2.45, 2.75) is 20.0 Å². The number of benzene rings is 4. The van der Waals surface area contributed by atoms with Crippen LogP contribution in [0.25, 0.3) is 11.1 Å². The number of hydrogen-bond acceptors (Lipinski definition) is 6. The van der Waals surface area contributed by atoms with Crippen LogP contribution in [0.5, 0.6) is 11.5 Å². The minimum atomic E-state index is -0.696. The van der Waals surface area contributed by atoms with Crippen molar-refractivity contribution in [3.8, 4) is 22.6 Å². The van der Waals surface area contributed by atoms with E-state index in [1.807, 2.05) is 66.7 Å². The maximum absolute atomic E-state index is 12.7. The number of ether oxygens (including phenoxy) is 2. The van der Waals surface area contributed by atoms with Crippen molar-refractivity contribution in [1.82, 2.24) is 0 Å². The Morgan fingerprint density at radius 2 is 1.66 bits per heavy atom. The number of esters is 1. The molecule has 0 fully saturated rings. The Morgan fingerprint density at radius 3 is 2.34 bits per heavy atom. The Labute approximate surface area is 227 Å². The molecule has 1 unspecified atom stereocenters. The number of carbonyl (C=O) groups excluding carboxylic acids is 1. The van der Waals surface area contributed by atoms with E-state index in [9.17, 15) is 9.90 Å². The lowest BCUT2D eigenvalue weighted by molar-refractivity contribution is 0.0452. The summed E-state index contributed by atoms with van der Waals surface area (Å²) in [5.74, 6) is 0.100. The van der Waals surface area contributed by atoms with Gasteiger partial charge in [-0.2, -0.15) is 0 Å². The monoisotopic (exact) mass is 528 g/mol. The third kappa shape index (κ3) is 4.52. The van der Waals surface area contributed by atoms with Gasteiger partial charge in [0.15, 0.2) is 6.10 Å². The van der Waals surface area contributed by atoms with E-state index in [1.54, 1.807) is 19.2 Å². The summed E-state index contributed by atoms with van der Waals surface area (Å²) in [6.07, 6.45) is -0.696. The molecular weight excluding hydrogens is 500 g/mol. The number of nitrogens with one attached hydrogen (secondary N) is 1.